The van der Waals surface area contributed by atoms with Gasteiger partial charge in [-0.2, -0.15) is 0 Å². The van der Waals surface area contributed by atoms with E-state index in [4.69, 9.17) is 11.6 Å². The molecule has 8 heteroatoms. The molecule has 0 radical (unpaired) electrons. The van der Waals surface area contributed by atoms with E-state index < -0.39 is 30.1 Å². The number of nitrogens with zero attached hydrogens (tertiary/aromatic N) is 2. The first-order valence-electron chi connectivity index (χ1n) is 9.65. The molecule has 0 aromatic heterocycles. The first kappa shape index (κ1) is 23.0. The highest BCUT2D eigenvalue weighted by molar-refractivity contribution is 6.31. The summed E-state index contributed by atoms with van der Waals surface area (Å²) in [5, 5.41) is 9.78. The van der Waals surface area contributed by atoms with Crippen molar-refractivity contribution in [1.29, 1.82) is 0 Å². The van der Waals surface area contributed by atoms with E-state index in [1.54, 1.807) is 24.3 Å². The van der Waals surface area contributed by atoms with E-state index in [2.05, 4.69) is 0 Å². The Balaban J connectivity index is 1.87. The van der Waals surface area contributed by atoms with Crippen molar-refractivity contribution in [2.45, 2.75) is 6.54 Å². The van der Waals surface area contributed by atoms with Crippen LogP contribution in [0.25, 0.3) is 0 Å². The number of benzene rings is 3. The van der Waals surface area contributed by atoms with Gasteiger partial charge in [0.25, 0.3) is 0 Å². The van der Waals surface area contributed by atoms with Crippen LogP contribution in [0.4, 0.5) is 14.9 Å². The van der Waals surface area contributed by atoms with E-state index >= 15 is 0 Å². The first-order valence-corrected chi connectivity index (χ1v) is 10.0. The second-order valence-electron chi connectivity index (χ2n) is 7.05. The number of hydrogen-bond donors (Lipinski definition) is 1. The molecule has 0 aliphatic heterocycles. The third-order valence-electron chi connectivity index (χ3n) is 4.87. The summed E-state index contributed by atoms with van der Waals surface area (Å²) in [6.07, 6.45) is -1.26. The van der Waals surface area contributed by atoms with E-state index in [1.807, 2.05) is 6.07 Å². The van der Waals surface area contributed by atoms with Gasteiger partial charge in [0.15, 0.2) is 5.78 Å². The Bertz CT molecular complexity index is 1150. The lowest BCUT2D eigenvalue weighted by atomic mass is 10.0. The highest BCUT2D eigenvalue weighted by Crippen LogP contribution is 2.27. The number of amides is 2. The summed E-state index contributed by atoms with van der Waals surface area (Å²) in [6, 6.07) is 18.7. The summed E-state index contributed by atoms with van der Waals surface area (Å²) in [7, 11) is 1.42. The highest BCUT2D eigenvalue weighted by Gasteiger charge is 2.24. The summed E-state index contributed by atoms with van der Waals surface area (Å²) in [6.45, 7) is -0.409. The minimum absolute atomic E-state index is 0.0252. The minimum Gasteiger partial charge on any atom is -0.465 e. The molecule has 1 N–H and O–H groups in total. The Morgan fingerprint density at radius 1 is 0.938 bits per heavy atom. The third kappa shape index (κ3) is 5.31. The van der Waals surface area contributed by atoms with Gasteiger partial charge in [0, 0.05) is 24.2 Å². The second-order valence-corrected chi connectivity index (χ2v) is 7.48. The van der Waals surface area contributed by atoms with E-state index in [1.165, 1.54) is 54.4 Å². The maximum absolute atomic E-state index is 14.2. The molecule has 0 atom stereocenters. The standard InChI is InChI=1S/C24H20ClFN2O4/c1-27(22(29)15-28(24(31)32)14-16-7-3-2-4-8-16)21-12-11-17(25)13-19(21)23(30)18-9-5-6-10-20(18)26/h2-13H,14-15H2,1H3,(H,31,32). The quantitative estimate of drug-likeness (QED) is 0.517. The van der Waals surface area contributed by atoms with Gasteiger partial charge in [-0.25, -0.2) is 9.18 Å². The zero-order valence-electron chi connectivity index (χ0n) is 17.2. The zero-order valence-corrected chi connectivity index (χ0v) is 17.9. The average molecular weight is 455 g/mol. The maximum atomic E-state index is 14.2. The fourth-order valence-corrected chi connectivity index (χ4v) is 3.34. The normalized spacial score (nSPS) is 10.5. The monoisotopic (exact) mass is 454 g/mol. The number of carbonyl (C=O) groups excluding carboxylic acids is 2. The smallest absolute Gasteiger partial charge is 0.408 e. The number of likely N-dealkylation sites (N-methyl/N-ethyl adjacent to an activating group) is 1. The number of halogens is 2. The van der Waals surface area contributed by atoms with Crippen LogP contribution in [-0.4, -0.2) is 41.4 Å². The Morgan fingerprint density at radius 2 is 1.59 bits per heavy atom. The van der Waals surface area contributed by atoms with Crippen molar-refractivity contribution in [3.63, 3.8) is 0 Å². The first-order chi connectivity index (χ1) is 15.3. The average Bonchev–Trinajstić information content (AvgIpc) is 2.78. The van der Waals surface area contributed by atoms with Gasteiger partial charge in [0.05, 0.1) is 11.3 Å². The van der Waals surface area contributed by atoms with Gasteiger partial charge < -0.3 is 10.0 Å². The predicted octanol–water partition coefficient (Wildman–Crippen LogP) is 4.85. The Labute approximate surface area is 189 Å². The molecule has 6 nitrogen and oxygen atoms in total. The number of carboxylic acid groups (broad SMARTS) is 1. The molecule has 3 aromatic carbocycles. The van der Waals surface area contributed by atoms with Crippen LogP contribution in [0, 0.1) is 5.82 Å². The van der Waals surface area contributed by atoms with Crippen LogP contribution in [-0.2, 0) is 11.3 Å². The van der Waals surface area contributed by atoms with E-state index in [-0.39, 0.29) is 28.4 Å². The van der Waals surface area contributed by atoms with Crippen molar-refractivity contribution in [2.75, 3.05) is 18.5 Å². The number of anilines is 1. The second kappa shape index (κ2) is 10.1. The molecule has 0 saturated carbocycles. The maximum Gasteiger partial charge on any atom is 0.408 e. The fraction of sp³-hybridized carbons (Fsp3) is 0.125. The summed E-state index contributed by atoms with van der Waals surface area (Å²) in [4.78, 5) is 39.7. The fourth-order valence-electron chi connectivity index (χ4n) is 3.17. The minimum atomic E-state index is -1.26. The van der Waals surface area contributed by atoms with Crippen molar-refractivity contribution in [3.05, 3.63) is 100 Å². The number of ketones is 1. The van der Waals surface area contributed by atoms with E-state index in [9.17, 15) is 23.9 Å². The Kier molecular flexibility index (Phi) is 7.22. The van der Waals surface area contributed by atoms with Crippen LogP contribution in [0.15, 0.2) is 72.8 Å². The zero-order chi connectivity index (χ0) is 23.3. The largest absolute Gasteiger partial charge is 0.465 e. The number of hydrogen-bond acceptors (Lipinski definition) is 3. The molecule has 164 valence electrons. The molecular weight excluding hydrogens is 435 g/mol. The van der Waals surface area contributed by atoms with E-state index in [0.717, 1.165) is 10.5 Å². The lowest BCUT2D eigenvalue weighted by molar-refractivity contribution is -0.119. The van der Waals surface area contributed by atoms with Crippen molar-refractivity contribution in [1.82, 2.24) is 4.90 Å². The molecule has 0 unspecified atom stereocenters. The van der Waals surface area contributed by atoms with Crippen molar-refractivity contribution >= 4 is 35.1 Å². The van der Waals surface area contributed by atoms with Crippen molar-refractivity contribution in [2.24, 2.45) is 0 Å². The summed E-state index contributed by atoms with van der Waals surface area (Å²) < 4.78 is 14.2. The van der Waals surface area contributed by atoms with Gasteiger partial charge >= 0.3 is 6.09 Å². The molecule has 0 aliphatic carbocycles. The molecule has 0 aliphatic rings. The van der Waals surface area contributed by atoms with Gasteiger partial charge in [-0.1, -0.05) is 54.1 Å². The number of rotatable bonds is 7. The summed E-state index contributed by atoms with van der Waals surface area (Å²) >= 11 is 6.05. The van der Waals surface area contributed by atoms with Crippen LogP contribution in [0.2, 0.25) is 5.02 Å². The molecule has 0 spiro atoms. The van der Waals surface area contributed by atoms with Gasteiger partial charge in [0.2, 0.25) is 5.91 Å². The molecule has 3 aromatic rings. The molecule has 0 saturated heterocycles. The number of carbonyl (C=O) groups is 3. The van der Waals surface area contributed by atoms with Crippen LogP contribution >= 0.6 is 11.6 Å². The van der Waals surface area contributed by atoms with Crippen molar-refractivity contribution in [3.8, 4) is 0 Å². The van der Waals surface area contributed by atoms with Crippen molar-refractivity contribution < 1.29 is 23.9 Å². The molecular formula is C24H20ClFN2O4. The molecule has 3 rings (SSSR count). The molecule has 0 bridgehead atoms. The lowest BCUT2D eigenvalue weighted by Gasteiger charge is -2.25. The molecule has 2 amide bonds. The van der Waals surface area contributed by atoms with Gasteiger partial charge in [-0.3, -0.25) is 14.5 Å². The SMILES string of the molecule is CN(C(=O)CN(Cc1ccccc1)C(=O)O)c1ccc(Cl)cc1C(=O)c1ccccc1F. The Hall–Kier alpha value is -3.71. The molecule has 0 fully saturated rings. The van der Waals surface area contributed by atoms with Crippen LogP contribution < -0.4 is 4.90 Å². The predicted molar refractivity (Wildman–Crippen MR) is 120 cm³/mol. The lowest BCUT2D eigenvalue weighted by Crippen LogP contribution is -2.41. The molecule has 32 heavy (non-hydrogen) atoms. The van der Waals surface area contributed by atoms with Gasteiger partial charge in [-0.05, 0) is 35.9 Å². The third-order valence-corrected chi connectivity index (χ3v) is 5.11. The van der Waals surface area contributed by atoms with Crippen LogP contribution in [0.3, 0.4) is 0 Å². The van der Waals surface area contributed by atoms with Crippen LogP contribution in [0.1, 0.15) is 21.5 Å². The van der Waals surface area contributed by atoms with E-state index in [0.29, 0.717) is 0 Å². The van der Waals surface area contributed by atoms with Crippen LogP contribution in [0.5, 0.6) is 0 Å². The summed E-state index contributed by atoms with van der Waals surface area (Å²) in [5.41, 5.74) is 0.793. The van der Waals surface area contributed by atoms with Gasteiger partial charge in [0.1, 0.15) is 12.4 Å². The topological polar surface area (TPSA) is 77.9 Å². The summed E-state index contributed by atoms with van der Waals surface area (Å²) in [5.74, 6) is -1.90. The molecule has 0 heterocycles. The van der Waals surface area contributed by atoms with Gasteiger partial charge in [-0.15, -0.1) is 0 Å². The Morgan fingerprint density at radius 3 is 2.25 bits per heavy atom. The highest BCUT2D eigenvalue weighted by atomic mass is 35.5.